The van der Waals surface area contributed by atoms with E-state index in [4.69, 9.17) is 21.1 Å². The molecular formula is C17H20ClNO2. The number of ether oxygens (including phenoxy) is 2. The highest BCUT2D eigenvalue weighted by atomic mass is 35.5. The van der Waals surface area contributed by atoms with Crippen molar-refractivity contribution in [1.29, 1.82) is 0 Å². The fourth-order valence-corrected chi connectivity index (χ4v) is 2.16. The molecule has 0 bridgehead atoms. The molecule has 0 radical (unpaired) electrons. The van der Waals surface area contributed by atoms with Crippen LogP contribution in [-0.2, 0) is 6.54 Å². The summed E-state index contributed by atoms with van der Waals surface area (Å²) in [5.41, 5.74) is 2.07. The van der Waals surface area contributed by atoms with Crippen molar-refractivity contribution in [1.82, 2.24) is 0 Å². The molecule has 0 unspecified atom stereocenters. The molecule has 0 aromatic heterocycles. The Labute approximate surface area is 130 Å². The van der Waals surface area contributed by atoms with Crippen LogP contribution >= 0.6 is 11.6 Å². The van der Waals surface area contributed by atoms with E-state index in [2.05, 4.69) is 5.32 Å². The summed E-state index contributed by atoms with van der Waals surface area (Å²) in [6.45, 7) is 5.94. The van der Waals surface area contributed by atoms with Crippen LogP contribution in [-0.4, -0.2) is 13.2 Å². The minimum atomic E-state index is 0.624. The fourth-order valence-electron chi connectivity index (χ4n) is 1.99. The third-order valence-corrected chi connectivity index (χ3v) is 3.19. The largest absolute Gasteiger partial charge is 0.494 e. The van der Waals surface area contributed by atoms with Gasteiger partial charge < -0.3 is 14.8 Å². The molecular weight excluding hydrogens is 286 g/mol. The summed E-state index contributed by atoms with van der Waals surface area (Å²) in [6.07, 6.45) is 0. The van der Waals surface area contributed by atoms with Gasteiger partial charge in [-0.05, 0) is 49.7 Å². The van der Waals surface area contributed by atoms with Crippen LogP contribution in [0.2, 0.25) is 5.02 Å². The maximum Gasteiger partial charge on any atom is 0.142 e. The third-order valence-electron chi connectivity index (χ3n) is 2.96. The number of anilines is 1. The van der Waals surface area contributed by atoms with E-state index >= 15 is 0 Å². The van der Waals surface area contributed by atoms with Crippen LogP contribution in [0.3, 0.4) is 0 Å². The van der Waals surface area contributed by atoms with Gasteiger partial charge in [0.05, 0.1) is 18.9 Å². The number of hydrogen-bond acceptors (Lipinski definition) is 3. The molecule has 0 fully saturated rings. The highest BCUT2D eigenvalue weighted by molar-refractivity contribution is 6.30. The van der Waals surface area contributed by atoms with E-state index in [1.54, 1.807) is 0 Å². The van der Waals surface area contributed by atoms with Crippen molar-refractivity contribution in [3.05, 3.63) is 53.1 Å². The standard InChI is InChI=1S/C17H20ClNO2/c1-3-20-15-8-5-13(6-9-15)12-19-16-11-14(18)7-10-17(16)21-4-2/h5-11,19H,3-4,12H2,1-2H3. The Balaban J connectivity index is 2.03. The molecule has 21 heavy (non-hydrogen) atoms. The first kappa shape index (κ1) is 15.5. The summed E-state index contributed by atoms with van der Waals surface area (Å²) < 4.78 is 11.0. The monoisotopic (exact) mass is 305 g/mol. The molecule has 0 spiro atoms. The lowest BCUT2D eigenvalue weighted by Crippen LogP contribution is -2.03. The maximum atomic E-state index is 6.04. The van der Waals surface area contributed by atoms with Crippen LogP contribution < -0.4 is 14.8 Å². The van der Waals surface area contributed by atoms with E-state index in [0.717, 1.165) is 17.2 Å². The van der Waals surface area contributed by atoms with Crippen molar-refractivity contribution in [2.45, 2.75) is 20.4 Å². The van der Waals surface area contributed by atoms with Gasteiger partial charge in [-0.3, -0.25) is 0 Å². The van der Waals surface area contributed by atoms with Gasteiger partial charge in [-0.25, -0.2) is 0 Å². The zero-order valence-corrected chi connectivity index (χ0v) is 13.1. The van der Waals surface area contributed by atoms with Crippen molar-refractivity contribution in [3.63, 3.8) is 0 Å². The fraction of sp³-hybridized carbons (Fsp3) is 0.294. The van der Waals surface area contributed by atoms with E-state index < -0.39 is 0 Å². The number of benzene rings is 2. The second kappa shape index (κ2) is 7.79. The first-order valence-corrected chi connectivity index (χ1v) is 7.48. The first-order chi connectivity index (χ1) is 10.2. The summed E-state index contributed by atoms with van der Waals surface area (Å²) in [5, 5.41) is 4.04. The maximum absolute atomic E-state index is 6.04. The Morgan fingerprint density at radius 2 is 1.67 bits per heavy atom. The van der Waals surface area contributed by atoms with E-state index in [1.807, 2.05) is 56.3 Å². The second-order valence-corrected chi connectivity index (χ2v) is 4.94. The summed E-state index contributed by atoms with van der Waals surface area (Å²) in [7, 11) is 0. The zero-order chi connectivity index (χ0) is 15.1. The lowest BCUT2D eigenvalue weighted by molar-refractivity contribution is 0.340. The van der Waals surface area contributed by atoms with Crippen LogP contribution in [0.15, 0.2) is 42.5 Å². The van der Waals surface area contributed by atoms with Crippen LogP contribution in [0.25, 0.3) is 0 Å². The smallest absolute Gasteiger partial charge is 0.142 e. The van der Waals surface area contributed by atoms with Crippen molar-refractivity contribution in [2.24, 2.45) is 0 Å². The molecule has 1 N–H and O–H groups in total. The molecule has 3 nitrogen and oxygen atoms in total. The second-order valence-electron chi connectivity index (χ2n) is 4.50. The van der Waals surface area contributed by atoms with Gasteiger partial charge in [-0.15, -0.1) is 0 Å². The lowest BCUT2D eigenvalue weighted by atomic mass is 10.2. The Bertz CT molecular complexity index is 570. The molecule has 0 saturated carbocycles. The van der Waals surface area contributed by atoms with Gasteiger partial charge in [0, 0.05) is 11.6 Å². The normalized spacial score (nSPS) is 10.2. The summed E-state index contributed by atoms with van der Waals surface area (Å²) in [6, 6.07) is 13.6. The molecule has 2 aromatic carbocycles. The highest BCUT2D eigenvalue weighted by Gasteiger charge is 2.04. The molecule has 0 heterocycles. The third kappa shape index (κ3) is 4.57. The summed E-state index contributed by atoms with van der Waals surface area (Å²) in [4.78, 5) is 0. The van der Waals surface area contributed by atoms with Crippen LogP contribution in [0.4, 0.5) is 5.69 Å². The average molecular weight is 306 g/mol. The molecule has 2 aromatic rings. The molecule has 0 aliphatic rings. The number of halogens is 1. The van der Waals surface area contributed by atoms with Gasteiger partial charge >= 0.3 is 0 Å². The topological polar surface area (TPSA) is 30.5 Å². The van der Waals surface area contributed by atoms with Gasteiger partial charge in [0.15, 0.2) is 0 Å². The Morgan fingerprint density at radius 1 is 0.952 bits per heavy atom. The van der Waals surface area contributed by atoms with Crippen LogP contribution in [0.5, 0.6) is 11.5 Å². The minimum absolute atomic E-state index is 0.624. The van der Waals surface area contributed by atoms with E-state index in [1.165, 1.54) is 5.56 Å². The lowest BCUT2D eigenvalue weighted by Gasteiger charge is -2.13. The van der Waals surface area contributed by atoms with Crippen LogP contribution in [0.1, 0.15) is 19.4 Å². The number of hydrogen-bond donors (Lipinski definition) is 1. The molecule has 4 heteroatoms. The van der Waals surface area contributed by atoms with Gasteiger partial charge in [-0.2, -0.15) is 0 Å². The molecule has 0 amide bonds. The highest BCUT2D eigenvalue weighted by Crippen LogP contribution is 2.28. The average Bonchev–Trinajstić information content (AvgIpc) is 2.49. The predicted octanol–water partition coefficient (Wildman–Crippen LogP) is 4.75. The Morgan fingerprint density at radius 3 is 2.33 bits per heavy atom. The van der Waals surface area contributed by atoms with Gasteiger partial charge in [0.25, 0.3) is 0 Å². The summed E-state index contributed by atoms with van der Waals surface area (Å²) in [5.74, 6) is 1.70. The Hall–Kier alpha value is -1.87. The zero-order valence-electron chi connectivity index (χ0n) is 12.4. The molecule has 0 atom stereocenters. The van der Waals surface area contributed by atoms with Gasteiger partial charge in [-0.1, -0.05) is 23.7 Å². The quantitative estimate of drug-likeness (QED) is 0.800. The van der Waals surface area contributed by atoms with Crippen molar-refractivity contribution in [2.75, 3.05) is 18.5 Å². The molecule has 0 saturated heterocycles. The van der Waals surface area contributed by atoms with Crippen molar-refractivity contribution < 1.29 is 9.47 Å². The van der Waals surface area contributed by atoms with Gasteiger partial charge in [0.1, 0.15) is 11.5 Å². The first-order valence-electron chi connectivity index (χ1n) is 7.11. The SMILES string of the molecule is CCOc1ccc(CNc2cc(Cl)ccc2OCC)cc1. The predicted molar refractivity (Wildman–Crippen MR) is 87.6 cm³/mol. The molecule has 0 aliphatic carbocycles. The van der Waals surface area contributed by atoms with E-state index in [0.29, 0.717) is 24.8 Å². The summed E-state index contributed by atoms with van der Waals surface area (Å²) >= 11 is 6.04. The van der Waals surface area contributed by atoms with E-state index in [-0.39, 0.29) is 0 Å². The number of nitrogens with one attached hydrogen (secondary N) is 1. The van der Waals surface area contributed by atoms with Crippen molar-refractivity contribution >= 4 is 17.3 Å². The van der Waals surface area contributed by atoms with Crippen LogP contribution in [0, 0.1) is 0 Å². The number of rotatable bonds is 7. The Kier molecular flexibility index (Phi) is 5.76. The van der Waals surface area contributed by atoms with Gasteiger partial charge in [0.2, 0.25) is 0 Å². The molecule has 0 aliphatic heterocycles. The minimum Gasteiger partial charge on any atom is -0.494 e. The molecule has 112 valence electrons. The van der Waals surface area contributed by atoms with E-state index in [9.17, 15) is 0 Å². The van der Waals surface area contributed by atoms with Crippen molar-refractivity contribution in [3.8, 4) is 11.5 Å². The molecule has 2 rings (SSSR count).